The summed E-state index contributed by atoms with van der Waals surface area (Å²) < 4.78 is 38.6. The first-order valence-corrected chi connectivity index (χ1v) is 10.4. The average molecular weight is 399 g/mol. The van der Waals surface area contributed by atoms with Crippen LogP contribution >= 0.6 is 0 Å². The molecule has 2 N–H and O–H groups in total. The van der Waals surface area contributed by atoms with Crippen LogP contribution in [0.15, 0.2) is 65.6 Å². The Morgan fingerprint density at radius 1 is 1.07 bits per heavy atom. The molecule has 0 saturated heterocycles. The standard InChI is InChI=1S/C21H21NO5S/c1-2-3-12-27-18-10-8-15(9-11-18)21(23)22-17-13-16-6-4-5-7-19(16)20(14-17)28(24,25)26/h4-11,13-14H,2-3,12H2,1H3,(H,22,23)(H,24,25,26). The molecule has 0 saturated carbocycles. The van der Waals surface area contributed by atoms with Gasteiger partial charge < -0.3 is 10.1 Å². The van der Waals surface area contributed by atoms with E-state index in [0.29, 0.717) is 28.7 Å². The van der Waals surface area contributed by atoms with Crippen LogP contribution in [0.1, 0.15) is 30.1 Å². The number of amides is 1. The molecule has 146 valence electrons. The second-order valence-electron chi connectivity index (χ2n) is 6.35. The predicted molar refractivity (Wildman–Crippen MR) is 109 cm³/mol. The molecule has 3 aromatic rings. The number of nitrogens with one attached hydrogen (secondary N) is 1. The second kappa shape index (κ2) is 8.41. The Balaban J connectivity index is 1.83. The van der Waals surface area contributed by atoms with E-state index in [-0.39, 0.29) is 10.6 Å². The first-order chi connectivity index (χ1) is 13.4. The van der Waals surface area contributed by atoms with Crippen molar-refractivity contribution < 1.29 is 22.5 Å². The smallest absolute Gasteiger partial charge is 0.295 e. The Morgan fingerprint density at radius 3 is 2.46 bits per heavy atom. The van der Waals surface area contributed by atoms with Gasteiger partial charge in [-0.1, -0.05) is 37.6 Å². The number of unbranched alkanes of at least 4 members (excludes halogenated alkanes) is 1. The highest BCUT2D eigenvalue weighted by Crippen LogP contribution is 2.28. The van der Waals surface area contributed by atoms with Crippen molar-refractivity contribution in [1.29, 1.82) is 0 Å². The lowest BCUT2D eigenvalue weighted by Gasteiger charge is -2.10. The number of hydrogen-bond acceptors (Lipinski definition) is 4. The van der Waals surface area contributed by atoms with Gasteiger partial charge in [-0.05, 0) is 48.2 Å². The number of ether oxygens (including phenoxy) is 1. The monoisotopic (exact) mass is 399 g/mol. The van der Waals surface area contributed by atoms with E-state index in [0.717, 1.165) is 12.8 Å². The van der Waals surface area contributed by atoms with Crippen molar-refractivity contribution in [3.8, 4) is 5.75 Å². The molecule has 0 spiro atoms. The molecule has 0 aliphatic carbocycles. The number of fused-ring (bicyclic) bond motifs is 1. The van der Waals surface area contributed by atoms with Gasteiger partial charge in [0.15, 0.2) is 0 Å². The summed E-state index contributed by atoms with van der Waals surface area (Å²) in [7, 11) is -4.44. The Labute approximate surface area is 163 Å². The van der Waals surface area contributed by atoms with Crippen LogP contribution in [0.3, 0.4) is 0 Å². The van der Waals surface area contributed by atoms with Crippen molar-refractivity contribution in [2.24, 2.45) is 0 Å². The number of carbonyl (C=O) groups is 1. The molecular formula is C21H21NO5S. The zero-order valence-electron chi connectivity index (χ0n) is 15.4. The topological polar surface area (TPSA) is 92.7 Å². The van der Waals surface area contributed by atoms with E-state index < -0.39 is 16.0 Å². The maximum absolute atomic E-state index is 12.5. The molecular weight excluding hydrogens is 378 g/mol. The van der Waals surface area contributed by atoms with Crippen LogP contribution in [0, 0.1) is 0 Å². The largest absolute Gasteiger partial charge is 0.494 e. The van der Waals surface area contributed by atoms with Gasteiger partial charge in [0.1, 0.15) is 10.6 Å². The highest BCUT2D eigenvalue weighted by Gasteiger charge is 2.16. The maximum atomic E-state index is 12.5. The summed E-state index contributed by atoms with van der Waals surface area (Å²) in [4.78, 5) is 12.3. The van der Waals surface area contributed by atoms with Crippen LogP contribution < -0.4 is 10.1 Å². The number of benzene rings is 3. The average Bonchev–Trinajstić information content (AvgIpc) is 2.67. The fourth-order valence-corrected chi connectivity index (χ4v) is 3.54. The summed E-state index contributed by atoms with van der Waals surface area (Å²) in [6.45, 7) is 2.70. The van der Waals surface area contributed by atoms with Crippen molar-refractivity contribution in [1.82, 2.24) is 0 Å². The molecule has 0 aromatic heterocycles. The van der Waals surface area contributed by atoms with Crippen LogP contribution in [-0.2, 0) is 10.1 Å². The number of rotatable bonds is 7. The zero-order chi connectivity index (χ0) is 20.1. The van der Waals surface area contributed by atoms with Gasteiger partial charge in [0.05, 0.1) is 6.61 Å². The van der Waals surface area contributed by atoms with Crippen LogP contribution in [0.4, 0.5) is 5.69 Å². The van der Waals surface area contributed by atoms with Gasteiger partial charge in [-0.2, -0.15) is 8.42 Å². The Hall–Kier alpha value is -2.90. The summed E-state index contributed by atoms with van der Waals surface area (Å²) in [5.41, 5.74) is 0.684. The molecule has 0 radical (unpaired) electrons. The highest BCUT2D eigenvalue weighted by molar-refractivity contribution is 7.86. The normalized spacial score (nSPS) is 11.4. The quantitative estimate of drug-likeness (QED) is 0.450. The van der Waals surface area contributed by atoms with Gasteiger partial charge in [0.2, 0.25) is 0 Å². The molecule has 3 rings (SSSR count). The van der Waals surface area contributed by atoms with E-state index in [2.05, 4.69) is 12.2 Å². The molecule has 0 fully saturated rings. The summed E-state index contributed by atoms with van der Waals surface area (Å²) in [5, 5.41) is 3.66. The van der Waals surface area contributed by atoms with Crippen LogP contribution in [0.25, 0.3) is 10.8 Å². The molecule has 1 amide bonds. The molecule has 0 atom stereocenters. The molecule has 3 aromatic carbocycles. The van der Waals surface area contributed by atoms with Crippen molar-refractivity contribution in [2.45, 2.75) is 24.7 Å². The van der Waals surface area contributed by atoms with Crippen molar-refractivity contribution >= 4 is 32.5 Å². The Kier molecular flexibility index (Phi) is 5.96. The van der Waals surface area contributed by atoms with Gasteiger partial charge in [0.25, 0.3) is 16.0 Å². The molecule has 7 heteroatoms. The third kappa shape index (κ3) is 4.68. The minimum atomic E-state index is -4.44. The molecule has 0 unspecified atom stereocenters. The van der Waals surface area contributed by atoms with E-state index in [4.69, 9.17) is 4.74 Å². The lowest BCUT2D eigenvalue weighted by molar-refractivity contribution is 0.102. The summed E-state index contributed by atoms with van der Waals surface area (Å²) >= 11 is 0. The first kappa shape index (κ1) is 19.9. The van der Waals surface area contributed by atoms with Gasteiger partial charge in [-0.15, -0.1) is 0 Å². The maximum Gasteiger partial charge on any atom is 0.295 e. The first-order valence-electron chi connectivity index (χ1n) is 8.93. The highest BCUT2D eigenvalue weighted by atomic mass is 32.2. The lowest BCUT2D eigenvalue weighted by Crippen LogP contribution is -2.12. The SMILES string of the molecule is CCCCOc1ccc(C(=O)Nc2cc(S(=O)(=O)O)c3ccccc3c2)cc1. The van der Waals surface area contributed by atoms with Crippen molar-refractivity contribution in [2.75, 3.05) is 11.9 Å². The number of anilines is 1. The minimum Gasteiger partial charge on any atom is -0.494 e. The predicted octanol–water partition coefficient (Wildman–Crippen LogP) is 4.52. The summed E-state index contributed by atoms with van der Waals surface area (Å²) in [6, 6.07) is 16.4. The van der Waals surface area contributed by atoms with Crippen LogP contribution in [0.2, 0.25) is 0 Å². The molecule has 0 aliphatic rings. The molecule has 0 aliphatic heterocycles. The van der Waals surface area contributed by atoms with Crippen molar-refractivity contribution in [3.63, 3.8) is 0 Å². The molecule has 0 bridgehead atoms. The van der Waals surface area contributed by atoms with Gasteiger partial charge in [-0.25, -0.2) is 0 Å². The van der Waals surface area contributed by atoms with E-state index in [1.54, 1.807) is 54.6 Å². The lowest BCUT2D eigenvalue weighted by atomic mass is 10.1. The zero-order valence-corrected chi connectivity index (χ0v) is 16.2. The summed E-state index contributed by atoms with van der Waals surface area (Å²) in [5.74, 6) is 0.293. The Bertz CT molecular complexity index is 1090. The third-order valence-electron chi connectivity index (χ3n) is 4.24. The minimum absolute atomic E-state index is 0.249. The Morgan fingerprint density at radius 2 is 1.79 bits per heavy atom. The third-order valence-corrected chi connectivity index (χ3v) is 5.14. The van der Waals surface area contributed by atoms with Gasteiger partial charge >= 0.3 is 0 Å². The van der Waals surface area contributed by atoms with Crippen molar-refractivity contribution in [3.05, 3.63) is 66.2 Å². The van der Waals surface area contributed by atoms with Gasteiger partial charge in [-0.3, -0.25) is 9.35 Å². The van der Waals surface area contributed by atoms with Gasteiger partial charge in [0, 0.05) is 16.6 Å². The second-order valence-corrected chi connectivity index (χ2v) is 7.74. The van der Waals surface area contributed by atoms with E-state index in [1.807, 2.05) is 0 Å². The molecule has 0 heterocycles. The van der Waals surface area contributed by atoms with Crippen LogP contribution in [-0.4, -0.2) is 25.5 Å². The fraction of sp³-hybridized carbons (Fsp3) is 0.190. The molecule has 28 heavy (non-hydrogen) atoms. The van der Waals surface area contributed by atoms with E-state index in [9.17, 15) is 17.8 Å². The molecule has 6 nitrogen and oxygen atoms in total. The number of carbonyl (C=O) groups excluding carboxylic acids is 1. The van der Waals surface area contributed by atoms with Crippen LogP contribution in [0.5, 0.6) is 5.75 Å². The van der Waals surface area contributed by atoms with E-state index >= 15 is 0 Å². The van der Waals surface area contributed by atoms with E-state index in [1.165, 1.54) is 6.07 Å². The fourth-order valence-electron chi connectivity index (χ4n) is 2.80. The summed E-state index contributed by atoms with van der Waals surface area (Å²) in [6.07, 6.45) is 2.00. The number of hydrogen-bond donors (Lipinski definition) is 2.